The monoisotopic (exact) mass is 240 g/mol. The molecule has 2 heteroatoms. The standard InChI is InChI=1S/C15H32N2/c1-5-17(6-2)12-8-10-14(4)16-15-11-7-9-13(15)3/h13-16H,5-12H2,1-4H3. The first-order chi connectivity index (χ1) is 8.17. The van der Waals surface area contributed by atoms with Gasteiger partial charge in [0.1, 0.15) is 0 Å². The van der Waals surface area contributed by atoms with Crippen molar-refractivity contribution >= 4 is 0 Å². The molecule has 1 saturated carbocycles. The molecule has 0 bridgehead atoms. The maximum atomic E-state index is 3.82. The molecule has 2 nitrogen and oxygen atoms in total. The lowest BCUT2D eigenvalue weighted by Gasteiger charge is -2.24. The van der Waals surface area contributed by atoms with E-state index in [0.717, 1.165) is 12.0 Å². The van der Waals surface area contributed by atoms with Crippen LogP contribution in [0.1, 0.15) is 59.8 Å². The maximum Gasteiger partial charge on any atom is 0.00951 e. The quantitative estimate of drug-likeness (QED) is 0.700. The highest BCUT2D eigenvalue weighted by molar-refractivity contribution is 4.82. The largest absolute Gasteiger partial charge is 0.311 e. The molecule has 0 amide bonds. The van der Waals surface area contributed by atoms with Crippen LogP contribution in [-0.4, -0.2) is 36.6 Å². The molecule has 0 aromatic carbocycles. The average molecular weight is 240 g/mol. The predicted molar refractivity (Wildman–Crippen MR) is 76.4 cm³/mol. The molecule has 0 aromatic rings. The molecule has 1 rings (SSSR count). The summed E-state index contributed by atoms with van der Waals surface area (Å²) in [5.74, 6) is 0.889. The second-order valence-corrected chi connectivity index (χ2v) is 5.75. The molecule has 1 N–H and O–H groups in total. The molecule has 0 radical (unpaired) electrons. The molecule has 3 unspecified atom stereocenters. The summed E-state index contributed by atoms with van der Waals surface area (Å²) in [7, 11) is 0. The van der Waals surface area contributed by atoms with E-state index in [1.165, 1.54) is 51.7 Å². The van der Waals surface area contributed by atoms with Crippen LogP contribution in [0.4, 0.5) is 0 Å². The molecule has 0 aliphatic heterocycles. The molecular weight excluding hydrogens is 208 g/mol. The van der Waals surface area contributed by atoms with E-state index in [4.69, 9.17) is 0 Å². The number of hydrogen-bond donors (Lipinski definition) is 1. The smallest absolute Gasteiger partial charge is 0.00951 e. The van der Waals surface area contributed by atoms with Gasteiger partial charge in [-0.2, -0.15) is 0 Å². The molecule has 1 aliphatic rings. The molecule has 0 spiro atoms. The van der Waals surface area contributed by atoms with E-state index in [0.29, 0.717) is 6.04 Å². The molecule has 1 fully saturated rings. The van der Waals surface area contributed by atoms with Crippen LogP contribution in [0.2, 0.25) is 0 Å². The Labute approximate surface area is 108 Å². The van der Waals surface area contributed by atoms with Crippen molar-refractivity contribution < 1.29 is 0 Å². The van der Waals surface area contributed by atoms with Crippen LogP contribution in [0.25, 0.3) is 0 Å². The third-order valence-corrected chi connectivity index (χ3v) is 4.37. The predicted octanol–water partition coefficient (Wildman–Crippen LogP) is 3.28. The number of nitrogens with zero attached hydrogens (tertiary/aromatic N) is 1. The molecule has 3 atom stereocenters. The van der Waals surface area contributed by atoms with Gasteiger partial charge in [0.05, 0.1) is 0 Å². The van der Waals surface area contributed by atoms with Crippen LogP contribution in [0.5, 0.6) is 0 Å². The van der Waals surface area contributed by atoms with Crippen LogP contribution in [0.15, 0.2) is 0 Å². The molecular formula is C15H32N2. The van der Waals surface area contributed by atoms with Gasteiger partial charge in [0, 0.05) is 12.1 Å². The Morgan fingerprint density at radius 1 is 1.24 bits per heavy atom. The summed E-state index contributed by atoms with van der Waals surface area (Å²) in [5.41, 5.74) is 0. The molecule has 0 saturated heterocycles. The minimum absolute atomic E-state index is 0.691. The van der Waals surface area contributed by atoms with Gasteiger partial charge in [0.15, 0.2) is 0 Å². The molecule has 0 aromatic heterocycles. The van der Waals surface area contributed by atoms with Gasteiger partial charge in [-0.15, -0.1) is 0 Å². The zero-order valence-corrected chi connectivity index (χ0v) is 12.3. The van der Waals surface area contributed by atoms with Gasteiger partial charge < -0.3 is 10.2 Å². The summed E-state index contributed by atoms with van der Waals surface area (Å²) in [6, 6.07) is 1.48. The van der Waals surface area contributed by atoms with E-state index in [2.05, 4.69) is 37.9 Å². The summed E-state index contributed by atoms with van der Waals surface area (Å²) in [6.45, 7) is 12.9. The van der Waals surface area contributed by atoms with Crippen molar-refractivity contribution in [2.75, 3.05) is 19.6 Å². The number of nitrogens with one attached hydrogen (secondary N) is 1. The van der Waals surface area contributed by atoms with E-state index in [-0.39, 0.29) is 0 Å². The van der Waals surface area contributed by atoms with Crippen molar-refractivity contribution in [1.82, 2.24) is 10.2 Å². The van der Waals surface area contributed by atoms with E-state index < -0.39 is 0 Å². The van der Waals surface area contributed by atoms with Gasteiger partial charge >= 0.3 is 0 Å². The fourth-order valence-electron chi connectivity index (χ4n) is 3.00. The molecule has 17 heavy (non-hydrogen) atoms. The first-order valence-corrected chi connectivity index (χ1v) is 7.65. The van der Waals surface area contributed by atoms with E-state index in [9.17, 15) is 0 Å². The fraction of sp³-hybridized carbons (Fsp3) is 1.00. The first kappa shape index (κ1) is 15.0. The van der Waals surface area contributed by atoms with Crippen LogP contribution < -0.4 is 5.32 Å². The van der Waals surface area contributed by atoms with Crippen molar-refractivity contribution in [3.8, 4) is 0 Å². The Kier molecular flexibility index (Phi) is 7.14. The maximum absolute atomic E-state index is 3.82. The zero-order valence-electron chi connectivity index (χ0n) is 12.3. The lowest BCUT2D eigenvalue weighted by atomic mass is 10.0. The minimum atomic E-state index is 0.691. The van der Waals surface area contributed by atoms with Gasteiger partial charge in [0.25, 0.3) is 0 Å². The van der Waals surface area contributed by atoms with Crippen molar-refractivity contribution in [2.24, 2.45) is 5.92 Å². The van der Waals surface area contributed by atoms with Gasteiger partial charge in [-0.3, -0.25) is 0 Å². The van der Waals surface area contributed by atoms with Crippen LogP contribution >= 0.6 is 0 Å². The highest BCUT2D eigenvalue weighted by atomic mass is 15.1. The van der Waals surface area contributed by atoms with Crippen molar-refractivity contribution in [1.29, 1.82) is 0 Å². The van der Waals surface area contributed by atoms with E-state index in [1.807, 2.05) is 0 Å². The van der Waals surface area contributed by atoms with Crippen molar-refractivity contribution in [3.63, 3.8) is 0 Å². The van der Waals surface area contributed by atoms with Crippen LogP contribution in [-0.2, 0) is 0 Å². The minimum Gasteiger partial charge on any atom is -0.311 e. The van der Waals surface area contributed by atoms with Crippen molar-refractivity contribution in [2.45, 2.75) is 71.9 Å². The molecule has 0 heterocycles. The van der Waals surface area contributed by atoms with Crippen molar-refractivity contribution in [3.05, 3.63) is 0 Å². The lowest BCUT2D eigenvalue weighted by molar-refractivity contribution is 0.284. The normalized spacial score (nSPS) is 26.6. The van der Waals surface area contributed by atoms with E-state index >= 15 is 0 Å². The van der Waals surface area contributed by atoms with Gasteiger partial charge in [-0.25, -0.2) is 0 Å². The summed E-state index contributed by atoms with van der Waals surface area (Å²) in [4.78, 5) is 2.52. The number of hydrogen-bond acceptors (Lipinski definition) is 2. The Morgan fingerprint density at radius 2 is 1.94 bits per heavy atom. The highest BCUT2D eigenvalue weighted by Crippen LogP contribution is 2.25. The first-order valence-electron chi connectivity index (χ1n) is 7.65. The lowest BCUT2D eigenvalue weighted by Crippen LogP contribution is -2.38. The molecule has 1 aliphatic carbocycles. The van der Waals surface area contributed by atoms with Crippen LogP contribution in [0, 0.1) is 5.92 Å². The Morgan fingerprint density at radius 3 is 2.47 bits per heavy atom. The second kappa shape index (κ2) is 8.10. The summed E-state index contributed by atoms with van der Waals surface area (Å²) in [6.07, 6.45) is 6.88. The Hall–Kier alpha value is -0.0800. The van der Waals surface area contributed by atoms with Crippen LogP contribution in [0.3, 0.4) is 0 Å². The highest BCUT2D eigenvalue weighted by Gasteiger charge is 2.23. The van der Waals surface area contributed by atoms with Gasteiger partial charge in [-0.1, -0.05) is 27.2 Å². The third-order valence-electron chi connectivity index (χ3n) is 4.37. The number of rotatable bonds is 8. The zero-order chi connectivity index (χ0) is 12.7. The summed E-state index contributed by atoms with van der Waals surface area (Å²) < 4.78 is 0. The Bertz CT molecular complexity index is 189. The third kappa shape index (κ3) is 5.39. The van der Waals surface area contributed by atoms with E-state index in [1.54, 1.807) is 0 Å². The average Bonchev–Trinajstić information content (AvgIpc) is 2.71. The SMILES string of the molecule is CCN(CC)CCCC(C)NC1CCCC1C. The molecule has 102 valence electrons. The van der Waals surface area contributed by atoms with Gasteiger partial charge in [0.2, 0.25) is 0 Å². The summed E-state index contributed by atoms with van der Waals surface area (Å²) in [5, 5.41) is 3.82. The second-order valence-electron chi connectivity index (χ2n) is 5.75. The Balaban J connectivity index is 2.10. The fourth-order valence-corrected chi connectivity index (χ4v) is 3.00. The van der Waals surface area contributed by atoms with Gasteiger partial charge in [-0.05, 0) is 58.2 Å². The summed E-state index contributed by atoms with van der Waals surface area (Å²) >= 11 is 0. The topological polar surface area (TPSA) is 15.3 Å².